The van der Waals surface area contributed by atoms with Crippen LogP contribution in [0.15, 0.2) is 42.5 Å². The first-order valence-corrected chi connectivity index (χ1v) is 8.64. The molecule has 0 unspecified atom stereocenters. The Morgan fingerprint density at radius 3 is 2.68 bits per heavy atom. The van der Waals surface area contributed by atoms with Crippen molar-refractivity contribution in [2.45, 2.75) is 57.9 Å². The van der Waals surface area contributed by atoms with Crippen molar-refractivity contribution >= 4 is 5.69 Å². The summed E-state index contributed by atoms with van der Waals surface area (Å²) < 4.78 is 0. The molecule has 116 valence electrons. The molecule has 1 aromatic heterocycles. The van der Waals surface area contributed by atoms with Crippen molar-refractivity contribution in [3.63, 3.8) is 0 Å². The molecule has 1 N–H and O–H groups in total. The second kappa shape index (κ2) is 7.44. The molecule has 0 bridgehead atoms. The lowest BCUT2D eigenvalue weighted by molar-refractivity contribution is 0.692. The van der Waals surface area contributed by atoms with Crippen LogP contribution in [0.3, 0.4) is 0 Å². The zero-order valence-corrected chi connectivity index (χ0v) is 13.5. The number of anilines is 1. The second-order valence-corrected chi connectivity index (χ2v) is 6.30. The molecule has 0 atom stereocenters. The van der Waals surface area contributed by atoms with Crippen molar-refractivity contribution in [3.8, 4) is 0 Å². The van der Waals surface area contributed by atoms with Crippen molar-refractivity contribution in [3.05, 3.63) is 59.4 Å². The van der Waals surface area contributed by atoms with Crippen molar-refractivity contribution in [1.29, 1.82) is 0 Å². The topological polar surface area (TPSA) is 24.9 Å². The van der Waals surface area contributed by atoms with Gasteiger partial charge >= 0.3 is 0 Å². The van der Waals surface area contributed by atoms with Gasteiger partial charge in [-0.25, -0.2) is 0 Å². The zero-order valence-electron chi connectivity index (χ0n) is 13.5. The first kappa shape index (κ1) is 15.1. The summed E-state index contributed by atoms with van der Waals surface area (Å²) in [6, 6.07) is 15.1. The molecule has 0 radical (unpaired) electrons. The monoisotopic (exact) mass is 294 g/mol. The fraction of sp³-hybridized carbons (Fsp3) is 0.450. The summed E-state index contributed by atoms with van der Waals surface area (Å²) in [6.07, 6.45) is 7.64. The summed E-state index contributed by atoms with van der Waals surface area (Å²) in [5, 5.41) is 3.57. The van der Waals surface area contributed by atoms with E-state index >= 15 is 0 Å². The Balaban J connectivity index is 1.67. The van der Waals surface area contributed by atoms with Crippen LogP contribution in [0.4, 0.5) is 5.69 Å². The van der Waals surface area contributed by atoms with Gasteiger partial charge in [0.25, 0.3) is 0 Å². The molecule has 2 heteroatoms. The Kier molecular flexibility index (Phi) is 5.10. The fourth-order valence-electron chi connectivity index (χ4n) is 3.41. The quantitative estimate of drug-likeness (QED) is 0.781. The number of aromatic nitrogens is 1. The van der Waals surface area contributed by atoms with E-state index in [4.69, 9.17) is 4.98 Å². The third-order valence-corrected chi connectivity index (χ3v) is 4.60. The third kappa shape index (κ3) is 3.68. The van der Waals surface area contributed by atoms with Gasteiger partial charge in [0.1, 0.15) is 0 Å². The predicted molar refractivity (Wildman–Crippen MR) is 93.2 cm³/mol. The van der Waals surface area contributed by atoms with Crippen LogP contribution < -0.4 is 5.32 Å². The van der Waals surface area contributed by atoms with Gasteiger partial charge in [-0.15, -0.1) is 0 Å². The van der Waals surface area contributed by atoms with Crippen LogP contribution in [0.1, 0.15) is 61.9 Å². The molecule has 0 aliphatic heterocycles. The van der Waals surface area contributed by atoms with Gasteiger partial charge in [-0.05, 0) is 43.0 Å². The maximum absolute atomic E-state index is 4.88. The fourth-order valence-corrected chi connectivity index (χ4v) is 3.41. The number of pyridine rings is 1. The summed E-state index contributed by atoms with van der Waals surface area (Å²) in [7, 11) is 0. The number of aryl methyl sites for hydroxylation is 1. The molecule has 1 aliphatic carbocycles. The molecule has 3 rings (SSSR count). The highest BCUT2D eigenvalue weighted by Crippen LogP contribution is 2.32. The predicted octanol–water partition coefficient (Wildman–Crippen LogP) is 5.30. The number of para-hydroxylation sites is 1. The maximum Gasteiger partial charge on any atom is 0.0598 e. The van der Waals surface area contributed by atoms with E-state index in [0.717, 1.165) is 18.7 Å². The lowest BCUT2D eigenvalue weighted by Crippen LogP contribution is -2.06. The van der Waals surface area contributed by atoms with Crippen molar-refractivity contribution in [1.82, 2.24) is 4.98 Å². The average Bonchev–Trinajstić information content (AvgIpc) is 3.09. The van der Waals surface area contributed by atoms with E-state index in [-0.39, 0.29) is 0 Å². The Bertz CT molecular complexity index is 600. The Morgan fingerprint density at radius 1 is 1.05 bits per heavy atom. The molecular formula is C20H26N2. The van der Waals surface area contributed by atoms with Crippen LogP contribution in [0, 0.1) is 0 Å². The zero-order chi connectivity index (χ0) is 15.2. The SMILES string of the molecule is CCCc1ccccc1NCc1cccc(C2CCCC2)n1. The minimum Gasteiger partial charge on any atom is -0.379 e. The molecule has 1 heterocycles. The van der Waals surface area contributed by atoms with Crippen LogP contribution in [0.5, 0.6) is 0 Å². The van der Waals surface area contributed by atoms with Gasteiger partial charge in [0, 0.05) is 17.3 Å². The normalized spacial score (nSPS) is 15.1. The molecule has 0 spiro atoms. The smallest absolute Gasteiger partial charge is 0.0598 e. The molecule has 0 saturated heterocycles. The highest BCUT2D eigenvalue weighted by molar-refractivity contribution is 5.51. The Labute approximate surface area is 134 Å². The third-order valence-electron chi connectivity index (χ3n) is 4.60. The minimum absolute atomic E-state index is 0.687. The first-order valence-electron chi connectivity index (χ1n) is 8.64. The maximum atomic E-state index is 4.88. The van der Waals surface area contributed by atoms with Crippen molar-refractivity contribution < 1.29 is 0 Å². The van der Waals surface area contributed by atoms with Crippen LogP contribution in [-0.4, -0.2) is 4.98 Å². The van der Waals surface area contributed by atoms with E-state index in [2.05, 4.69) is 54.7 Å². The average molecular weight is 294 g/mol. The van der Waals surface area contributed by atoms with E-state index in [1.807, 2.05) is 0 Å². The first-order chi connectivity index (χ1) is 10.9. The standard InChI is InChI=1S/C20H26N2/c1-2-8-16-9-5-6-13-19(16)21-15-18-12-7-14-20(22-18)17-10-3-4-11-17/h5-7,9,12-14,17,21H,2-4,8,10-11,15H2,1H3. The van der Waals surface area contributed by atoms with Gasteiger partial charge in [-0.2, -0.15) is 0 Å². The van der Waals surface area contributed by atoms with Crippen LogP contribution >= 0.6 is 0 Å². The molecule has 1 fully saturated rings. The van der Waals surface area contributed by atoms with Crippen LogP contribution in [0.25, 0.3) is 0 Å². The molecular weight excluding hydrogens is 268 g/mol. The number of benzene rings is 1. The summed E-state index contributed by atoms with van der Waals surface area (Å²) in [6.45, 7) is 3.03. The highest BCUT2D eigenvalue weighted by atomic mass is 14.9. The lowest BCUT2D eigenvalue weighted by atomic mass is 10.0. The number of hydrogen-bond acceptors (Lipinski definition) is 2. The number of nitrogens with zero attached hydrogens (tertiary/aromatic N) is 1. The van der Waals surface area contributed by atoms with Gasteiger partial charge in [-0.3, -0.25) is 4.98 Å². The van der Waals surface area contributed by atoms with Gasteiger partial charge in [0.05, 0.1) is 12.2 Å². The van der Waals surface area contributed by atoms with Crippen molar-refractivity contribution in [2.75, 3.05) is 5.32 Å². The van der Waals surface area contributed by atoms with Crippen molar-refractivity contribution in [2.24, 2.45) is 0 Å². The van der Waals surface area contributed by atoms with E-state index in [1.54, 1.807) is 0 Å². The van der Waals surface area contributed by atoms with Crippen LogP contribution in [-0.2, 0) is 13.0 Å². The van der Waals surface area contributed by atoms with Gasteiger partial charge in [-0.1, -0.05) is 50.5 Å². The van der Waals surface area contributed by atoms with E-state index < -0.39 is 0 Å². The minimum atomic E-state index is 0.687. The van der Waals surface area contributed by atoms with Gasteiger partial charge in [0.15, 0.2) is 0 Å². The molecule has 2 aromatic rings. The highest BCUT2D eigenvalue weighted by Gasteiger charge is 2.18. The summed E-state index contributed by atoms with van der Waals surface area (Å²) >= 11 is 0. The lowest BCUT2D eigenvalue weighted by Gasteiger charge is -2.13. The molecule has 1 aromatic carbocycles. The molecule has 1 saturated carbocycles. The van der Waals surface area contributed by atoms with E-state index in [0.29, 0.717) is 5.92 Å². The molecule has 22 heavy (non-hydrogen) atoms. The largest absolute Gasteiger partial charge is 0.379 e. The molecule has 1 aliphatic rings. The Morgan fingerprint density at radius 2 is 1.86 bits per heavy atom. The Hall–Kier alpha value is -1.83. The van der Waals surface area contributed by atoms with Crippen LogP contribution in [0.2, 0.25) is 0 Å². The molecule has 0 amide bonds. The van der Waals surface area contributed by atoms with E-state index in [1.165, 1.54) is 49.0 Å². The summed E-state index contributed by atoms with van der Waals surface area (Å²) in [4.78, 5) is 4.88. The van der Waals surface area contributed by atoms with E-state index in [9.17, 15) is 0 Å². The number of nitrogens with one attached hydrogen (secondary N) is 1. The van der Waals surface area contributed by atoms with Gasteiger partial charge < -0.3 is 5.32 Å². The summed E-state index contributed by atoms with van der Waals surface area (Å²) in [5.41, 5.74) is 5.09. The van der Waals surface area contributed by atoms with Gasteiger partial charge in [0.2, 0.25) is 0 Å². The number of hydrogen-bond donors (Lipinski definition) is 1. The number of rotatable bonds is 6. The second-order valence-electron chi connectivity index (χ2n) is 6.30. The summed E-state index contributed by atoms with van der Waals surface area (Å²) in [5.74, 6) is 0.687. The molecule has 2 nitrogen and oxygen atoms in total.